The molecule has 0 aromatic heterocycles. The second kappa shape index (κ2) is 6.50. The summed E-state index contributed by atoms with van der Waals surface area (Å²) in [5.74, 6) is 0.306. The lowest BCUT2D eigenvalue weighted by Gasteiger charge is -2.22. The third kappa shape index (κ3) is 3.99. The molecule has 0 amide bonds. The number of hydrogen-bond acceptors (Lipinski definition) is 5. The summed E-state index contributed by atoms with van der Waals surface area (Å²) in [6.07, 6.45) is 1.85. The summed E-state index contributed by atoms with van der Waals surface area (Å²) in [6, 6.07) is 3.87. The number of aryl methyl sites for hydroxylation is 1. The fourth-order valence-electron chi connectivity index (χ4n) is 2.38. The molecule has 1 aliphatic rings. The van der Waals surface area contributed by atoms with E-state index in [2.05, 4.69) is 10.0 Å². The van der Waals surface area contributed by atoms with Gasteiger partial charge in [-0.2, -0.15) is 0 Å². The maximum atomic E-state index is 12.3. The van der Waals surface area contributed by atoms with Gasteiger partial charge in [-0.05, 0) is 44.3 Å². The summed E-state index contributed by atoms with van der Waals surface area (Å²) < 4.78 is 27.2. The van der Waals surface area contributed by atoms with Crippen LogP contribution in [0.4, 0.5) is 5.69 Å². The largest absolute Gasteiger partial charge is 0.317 e. The third-order valence-electron chi connectivity index (χ3n) is 3.69. The van der Waals surface area contributed by atoms with Crippen LogP contribution in [0.15, 0.2) is 23.1 Å². The third-order valence-corrected chi connectivity index (χ3v) is 5.26. The highest BCUT2D eigenvalue weighted by Crippen LogP contribution is 2.22. The first-order valence-corrected chi connectivity index (χ1v) is 8.34. The molecule has 21 heavy (non-hydrogen) atoms. The van der Waals surface area contributed by atoms with Gasteiger partial charge in [0.25, 0.3) is 5.69 Å². The number of non-ortho nitro benzene ring substituents is 1. The summed E-state index contributed by atoms with van der Waals surface area (Å²) >= 11 is 0. The molecule has 0 spiro atoms. The van der Waals surface area contributed by atoms with Crippen molar-refractivity contribution >= 4 is 15.7 Å². The van der Waals surface area contributed by atoms with E-state index in [-0.39, 0.29) is 10.6 Å². The summed E-state index contributed by atoms with van der Waals surface area (Å²) in [5, 5.41) is 14.0. The van der Waals surface area contributed by atoms with Crippen molar-refractivity contribution in [3.8, 4) is 0 Å². The van der Waals surface area contributed by atoms with Crippen LogP contribution in [0.3, 0.4) is 0 Å². The van der Waals surface area contributed by atoms with Gasteiger partial charge in [-0.3, -0.25) is 10.1 Å². The average molecular weight is 313 g/mol. The lowest BCUT2D eigenvalue weighted by Crippen LogP contribution is -2.36. The molecular formula is C13H19N3O4S. The minimum Gasteiger partial charge on any atom is -0.317 e. The van der Waals surface area contributed by atoms with Crippen LogP contribution >= 0.6 is 0 Å². The molecule has 116 valence electrons. The number of nitrogens with zero attached hydrogens (tertiary/aromatic N) is 1. The van der Waals surface area contributed by atoms with Crippen LogP contribution in [0.2, 0.25) is 0 Å². The molecule has 1 aromatic rings. The molecule has 2 rings (SSSR count). The number of piperidine rings is 1. The molecule has 0 saturated carbocycles. The summed E-state index contributed by atoms with van der Waals surface area (Å²) in [4.78, 5) is 10.2. The SMILES string of the molecule is Cc1ccc([N+](=O)[O-])cc1S(=O)(=O)NCC1CCNCC1. The number of nitrogens with one attached hydrogen (secondary N) is 2. The van der Waals surface area contributed by atoms with Crippen LogP contribution in [0.25, 0.3) is 0 Å². The molecule has 1 saturated heterocycles. The van der Waals surface area contributed by atoms with Gasteiger partial charge < -0.3 is 5.32 Å². The van der Waals surface area contributed by atoms with E-state index in [9.17, 15) is 18.5 Å². The Morgan fingerprint density at radius 3 is 2.67 bits per heavy atom. The number of rotatable bonds is 5. The van der Waals surface area contributed by atoms with Gasteiger partial charge in [-0.15, -0.1) is 0 Å². The molecule has 1 aromatic carbocycles. The number of sulfonamides is 1. The van der Waals surface area contributed by atoms with E-state index in [1.165, 1.54) is 12.1 Å². The van der Waals surface area contributed by atoms with Crippen LogP contribution in [-0.2, 0) is 10.0 Å². The molecule has 7 nitrogen and oxygen atoms in total. The van der Waals surface area contributed by atoms with Gasteiger partial charge in [0.15, 0.2) is 0 Å². The van der Waals surface area contributed by atoms with Gasteiger partial charge in [0.1, 0.15) is 0 Å². The Bertz CT molecular complexity index is 624. The van der Waals surface area contributed by atoms with E-state index in [4.69, 9.17) is 0 Å². The van der Waals surface area contributed by atoms with Crippen molar-refractivity contribution in [2.75, 3.05) is 19.6 Å². The lowest BCUT2D eigenvalue weighted by molar-refractivity contribution is -0.385. The van der Waals surface area contributed by atoms with Crippen molar-refractivity contribution in [2.24, 2.45) is 5.92 Å². The van der Waals surface area contributed by atoms with Gasteiger partial charge in [0.05, 0.1) is 9.82 Å². The molecule has 0 bridgehead atoms. The Balaban J connectivity index is 2.14. The number of nitro benzene ring substituents is 1. The van der Waals surface area contributed by atoms with E-state index >= 15 is 0 Å². The molecule has 1 aliphatic heterocycles. The van der Waals surface area contributed by atoms with Crippen LogP contribution in [-0.4, -0.2) is 33.0 Å². The summed E-state index contributed by atoms with van der Waals surface area (Å²) in [6.45, 7) is 3.78. The Labute approximate surface area is 123 Å². The van der Waals surface area contributed by atoms with Gasteiger partial charge in [0.2, 0.25) is 10.0 Å². The maximum absolute atomic E-state index is 12.3. The molecule has 8 heteroatoms. The number of hydrogen-bond donors (Lipinski definition) is 2. The molecule has 0 radical (unpaired) electrons. The molecule has 2 N–H and O–H groups in total. The fraction of sp³-hybridized carbons (Fsp3) is 0.538. The van der Waals surface area contributed by atoms with Crippen LogP contribution in [0, 0.1) is 23.0 Å². The average Bonchev–Trinajstić information content (AvgIpc) is 2.46. The molecular weight excluding hydrogens is 294 g/mol. The van der Waals surface area contributed by atoms with Crippen molar-refractivity contribution in [2.45, 2.75) is 24.7 Å². The minimum absolute atomic E-state index is 0.0226. The topological polar surface area (TPSA) is 101 Å². The highest BCUT2D eigenvalue weighted by atomic mass is 32.2. The van der Waals surface area contributed by atoms with Crippen molar-refractivity contribution in [3.05, 3.63) is 33.9 Å². The monoisotopic (exact) mass is 313 g/mol. The normalized spacial score (nSPS) is 16.8. The predicted octanol–water partition coefficient (Wildman–Crippen LogP) is 1.18. The van der Waals surface area contributed by atoms with E-state index in [0.717, 1.165) is 32.0 Å². The number of benzene rings is 1. The van der Waals surface area contributed by atoms with E-state index in [0.29, 0.717) is 18.0 Å². The first kappa shape index (κ1) is 15.9. The van der Waals surface area contributed by atoms with E-state index < -0.39 is 14.9 Å². The predicted molar refractivity (Wildman–Crippen MR) is 78.6 cm³/mol. The highest BCUT2D eigenvalue weighted by molar-refractivity contribution is 7.89. The number of nitro groups is 1. The zero-order valence-corrected chi connectivity index (χ0v) is 12.6. The zero-order valence-electron chi connectivity index (χ0n) is 11.8. The van der Waals surface area contributed by atoms with Gasteiger partial charge in [-0.1, -0.05) is 6.07 Å². The minimum atomic E-state index is -3.72. The molecule has 0 unspecified atom stereocenters. The fourth-order valence-corrected chi connectivity index (χ4v) is 3.76. The van der Waals surface area contributed by atoms with Crippen molar-refractivity contribution in [1.82, 2.24) is 10.0 Å². The van der Waals surface area contributed by atoms with Crippen LogP contribution < -0.4 is 10.0 Å². The maximum Gasteiger partial charge on any atom is 0.270 e. The quantitative estimate of drug-likeness (QED) is 0.628. The molecule has 1 heterocycles. The first-order chi connectivity index (χ1) is 9.90. The Morgan fingerprint density at radius 1 is 1.38 bits per heavy atom. The van der Waals surface area contributed by atoms with Crippen molar-refractivity contribution in [3.63, 3.8) is 0 Å². The van der Waals surface area contributed by atoms with Crippen LogP contribution in [0.1, 0.15) is 18.4 Å². The summed E-state index contributed by atoms with van der Waals surface area (Å²) in [5.41, 5.74) is 0.279. The molecule has 0 atom stereocenters. The van der Waals surface area contributed by atoms with E-state index in [1.807, 2.05) is 0 Å². The zero-order chi connectivity index (χ0) is 15.5. The standard InChI is InChI=1S/C13H19N3O4S/c1-10-2-3-12(16(17)18)8-13(10)21(19,20)15-9-11-4-6-14-7-5-11/h2-3,8,11,14-15H,4-7,9H2,1H3. The van der Waals surface area contributed by atoms with Crippen molar-refractivity contribution in [1.29, 1.82) is 0 Å². The van der Waals surface area contributed by atoms with Gasteiger partial charge >= 0.3 is 0 Å². The Hall–Kier alpha value is -1.51. The molecule has 1 fully saturated rings. The van der Waals surface area contributed by atoms with E-state index in [1.54, 1.807) is 6.92 Å². The Morgan fingerprint density at radius 2 is 2.05 bits per heavy atom. The highest BCUT2D eigenvalue weighted by Gasteiger charge is 2.22. The van der Waals surface area contributed by atoms with Crippen LogP contribution in [0.5, 0.6) is 0 Å². The molecule has 0 aliphatic carbocycles. The van der Waals surface area contributed by atoms with Crippen molar-refractivity contribution < 1.29 is 13.3 Å². The summed E-state index contributed by atoms with van der Waals surface area (Å²) in [7, 11) is -3.72. The smallest absolute Gasteiger partial charge is 0.270 e. The second-order valence-corrected chi connectivity index (χ2v) is 6.99. The Kier molecular flexibility index (Phi) is 4.92. The first-order valence-electron chi connectivity index (χ1n) is 6.85. The lowest BCUT2D eigenvalue weighted by atomic mass is 9.99. The second-order valence-electron chi connectivity index (χ2n) is 5.25. The van der Waals surface area contributed by atoms with Gasteiger partial charge in [-0.25, -0.2) is 13.1 Å². The van der Waals surface area contributed by atoms with Gasteiger partial charge in [0, 0.05) is 18.7 Å².